The molecule has 116 valence electrons. The van der Waals surface area contributed by atoms with Crippen molar-refractivity contribution in [3.05, 3.63) is 29.6 Å². The molecule has 2 aliphatic rings. The van der Waals surface area contributed by atoms with Crippen LogP contribution in [0.3, 0.4) is 0 Å². The number of hydrogen-bond donors (Lipinski definition) is 1. The third kappa shape index (κ3) is 3.62. The van der Waals surface area contributed by atoms with Gasteiger partial charge in [-0.15, -0.1) is 0 Å². The first-order valence-corrected chi connectivity index (χ1v) is 8.26. The summed E-state index contributed by atoms with van der Waals surface area (Å²) in [5.41, 5.74) is 8.62. The van der Waals surface area contributed by atoms with E-state index in [1.54, 1.807) is 0 Å². The number of nitrogens with zero attached hydrogens (tertiary/aromatic N) is 2. The lowest BCUT2D eigenvalue weighted by molar-refractivity contribution is -0.0603. The molecule has 0 radical (unpaired) electrons. The molecule has 2 aliphatic heterocycles. The summed E-state index contributed by atoms with van der Waals surface area (Å²) in [6, 6.07) is 5.06. The number of piperidine rings is 1. The Kier molecular flexibility index (Phi) is 4.88. The van der Waals surface area contributed by atoms with Crippen LogP contribution in [0.25, 0.3) is 0 Å². The molecule has 3 rings (SSSR count). The Morgan fingerprint density at radius 3 is 3.10 bits per heavy atom. The standard InChI is InChI=1S/C17H27N3O/c1-13-14(5-4-8-19-13)12-20-9-3-2-6-16(20)17-11-15(18)7-10-21-17/h4-5,8,15-17H,2-3,6-7,9-12,18H2,1H3. The van der Waals surface area contributed by atoms with Crippen molar-refractivity contribution in [2.75, 3.05) is 13.2 Å². The van der Waals surface area contributed by atoms with E-state index in [-0.39, 0.29) is 0 Å². The van der Waals surface area contributed by atoms with Crippen LogP contribution in [0.4, 0.5) is 0 Å². The Bertz CT molecular complexity index is 465. The average Bonchev–Trinajstić information content (AvgIpc) is 2.50. The summed E-state index contributed by atoms with van der Waals surface area (Å²) in [5, 5.41) is 0. The fourth-order valence-corrected chi connectivity index (χ4v) is 3.66. The lowest BCUT2D eigenvalue weighted by atomic mass is 9.91. The highest BCUT2D eigenvalue weighted by molar-refractivity contribution is 5.18. The molecule has 0 aromatic carbocycles. The highest BCUT2D eigenvalue weighted by Crippen LogP contribution is 2.28. The lowest BCUT2D eigenvalue weighted by Crippen LogP contribution is -2.51. The Morgan fingerprint density at radius 1 is 1.38 bits per heavy atom. The number of ether oxygens (including phenoxy) is 1. The predicted molar refractivity (Wildman–Crippen MR) is 84.0 cm³/mol. The van der Waals surface area contributed by atoms with Crippen LogP contribution < -0.4 is 5.73 Å². The molecular formula is C17H27N3O. The topological polar surface area (TPSA) is 51.4 Å². The van der Waals surface area contributed by atoms with Crippen LogP contribution in [-0.2, 0) is 11.3 Å². The second-order valence-corrected chi connectivity index (χ2v) is 6.48. The van der Waals surface area contributed by atoms with Crippen molar-refractivity contribution in [3.8, 4) is 0 Å². The van der Waals surface area contributed by atoms with Gasteiger partial charge in [0.15, 0.2) is 0 Å². The first kappa shape index (κ1) is 14.9. The van der Waals surface area contributed by atoms with Crippen LogP contribution in [-0.4, -0.2) is 41.2 Å². The van der Waals surface area contributed by atoms with Crippen LogP contribution in [0.5, 0.6) is 0 Å². The zero-order valence-electron chi connectivity index (χ0n) is 13.0. The Morgan fingerprint density at radius 2 is 2.29 bits per heavy atom. The van der Waals surface area contributed by atoms with Gasteiger partial charge in [0.05, 0.1) is 6.10 Å². The zero-order valence-corrected chi connectivity index (χ0v) is 13.0. The first-order valence-electron chi connectivity index (χ1n) is 8.26. The fourth-order valence-electron chi connectivity index (χ4n) is 3.66. The number of hydrogen-bond acceptors (Lipinski definition) is 4. The van der Waals surface area contributed by atoms with Crippen LogP contribution in [0.2, 0.25) is 0 Å². The van der Waals surface area contributed by atoms with Gasteiger partial charge in [-0.1, -0.05) is 12.5 Å². The quantitative estimate of drug-likeness (QED) is 0.927. The minimum absolute atomic E-state index is 0.311. The number of nitrogens with two attached hydrogens (primary N) is 1. The van der Waals surface area contributed by atoms with Gasteiger partial charge in [-0.25, -0.2) is 0 Å². The van der Waals surface area contributed by atoms with E-state index >= 15 is 0 Å². The van der Waals surface area contributed by atoms with Gasteiger partial charge in [-0.2, -0.15) is 0 Å². The van der Waals surface area contributed by atoms with Crippen molar-refractivity contribution >= 4 is 0 Å². The monoisotopic (exact) mass is 289 g/mol. The Balaban J connectivity index is 1.71. The van der Waals surface area contributed by atoms with Gasteiger partial charge < -0.3 is 10.5 Å². The molecule has 21 heavy (non-hydrogen) atoms. The lowest BCUT2D eigenvalue weighted by Gasteiger charge is -2.42. The number of likely N-dealkylation sites (tertiary alicyclic amines) is 1. The largest absolute Gasteiger partial charge is 0.376 e. The van der Waals surface area contributed by atoms with Gasteiger partial charge in [0, 0.05) is 37.1 Å². The van der Waals surface area contributed by atoms with Crippen LogP contribution in [0, 0.1) is 6.92 Å². The average molecular weight is 289 g/mol. The summed E-state index contributed by atoms with van der Waals surface area (Å²) in [6.07, 6.45) is 8.02. The summed E-state index contributed by atoms with van der Waals surface area (Å²) in [6.45, 7) is 5.07. The molecule has 2 fully saturated rings. The van der Waals surface area contributed by atoms with E-state index in [2.05, 4.69) is 22.9 Å². The molecule has 0 amide bonds. The van der Waals surface area contributed by atoms with Crippen molar-refractivity contribution in [1.29, 1.82) is 0 Å². The molecule has 4 heteroatoms. The Hall–Kier alpha value is -0.970. The second kappa shape index (κ2) is 6.86. The van der Waals surface area contributed by atoms with Gasteiger partial charge in [-0.05, 0) is 50.8 Å². The summed E-state index contributed by atoms with van der Waals surface area (Å²) >= 11 is 0. The third-order valence-corrected chi connectivity index (χ3v) is 4.94. The van der Waals surface area contributed by atoms with E-state index in [1.807, 2.05) is 12.3 Å². The molecule has 2 saturated heterocycles. The van der Waals surface area contributed by atoms with Gasteiger partial charge in [-0.3, -0.25) is 9.88 Å². The molecule has 0 spiro atoms. The zero-order chi connectivity index (χ0) is 14.7. The second-order valence-electron chi connectivity index (χ2n) is 6.48. The molecule has 3 heterocycles. The maximum atomic E-state index is 6.15. The van der Waals surface area contributed by atoms with Crippen molar-refractivity contribution in [3.63, 3.8) is 0 Å². The number of pyridine rings is 1. The van der Waals surface area contributed by atoms with E-state index in [0.29, 0.717) is 18.2 Å². The van der Waals surface area contributed by atoms with Crippen LogP contribution >= 0.6 is 0 Å². The number of aryl methyl sites for hydroxylation is 1. The van der Waals surface area contributed by atoms with Crippen molar-refractivity contribution < 1.29 is 4.74 Å². The summed E-state index contributed by atoms with van der Waals surface area (Å²) < 4.78 is 6.05. The minimum Gasteiger partial charge on any atom is -0.376 e. The SMILES string of the molecule is Cc1ncccc1CN1CCCCC1C1CC(N)CCO1. The van der Waals surface area contributed by atoms with E-state index < -0.39 is 0 Å². The summed E-state index contributed by atoms with van der Waals surface area (Å²) in [5.74, 6) is 0. The van der Waals surface area contributed by atoms with Crippen molar-refractivity contribution in [2.24, 2.45) is 5.73 Å². The van der Waals surface area contributed by atoms with E-state index in [0.717, 1.165) is 38.2 Å². The van der Waals surface area contributed by atoms with Crippen molar-refractivity contribution in [1.82, 2.24) is 9.88 Å². The summed E-state index contributed by atoms with van der Waals surface area (Å²) in [4.78, 5) is 7.01. The highest BCUT2D eigenvalue weighted by Gasteiger charge is 2.33. The maximum Gasteiger partial charge on any atom is 0.0745 e. The van der Waals surface area contributed by atoms with Gasteiger partial charge in [0.1, 0.15) is 0 Å². The Labute approximate surface area is 127 Å². The van der Waals surface area contributed by atoms with E-state index in [9.17, 15) is 0 Å². The van der Waals surface area contributed by atoms with Gasteiger partial charge in [0.25, 0.3) is 0 Å². The van der Waals surface area contributed by atoms with Crippen molar-refractivity contribution in [2.45, 2.75) is 63.8 Å². The van der Waals surface area contributed by atoms with E-state index in [1.165, 1.54) is 24.8 Å². The van der Waals surface area contributed by atoms with Gasteiger partial charge in [0.2, 0.25) is 0 Å². The minimum atomic E-state index is 0.311. The van der Waals surface area contributed by atoms with Crippen LogP contribution in [0.15, 0.2) is 18.3 Å². The fraction of sp³-hybridized carbons (Fsp3) is 0.706. The summed E-state index contributed by atoms with van der Waals surface area (Å²) in [7, 11) is 0. The van der Waals surface area contributed by atoms with E-state index in [4.69, 9.17) is 10.5 Å². The van der Waals surface area contributed by atoms with Gasteiger partial charge >= 0.3 is 0 Å². The molecular weight excluding hydrogens is 262 g/mol. The molecule has 3 unspecified atom stereocenters. The molecule has 0 aliphatic carbocycles. The smallest absolute Gasteiger partial charge is 0.0745 e. The molecule has 0 bridgehead atoms. The normalized spacial score (nSPS) is 31.2. The third-order valence-electron chi connectivity index (χ3n) is 4.94. The molecule has 2 N–H and O–H groups in total. The van der Waals surface area contributed by atoms with Crippen LogP contribution in [0.1, 0.15) is 43.4 Å². The predicted octanol–water partition coefficient (Wildman–Crippen LogP) is 2.25. The molecule has 3 atom stereocenters. The molecule has 1 aromatic heterocycles. The maximum absolute atomic E-state index is 6.15. The highest BCUT2D eigenvalue weighted by atomic mass is 16.5. The first-order chi connectivity index (χ1) is 10.2. The molecule has 4 nitrogen and oxygen atoms in total. The number of aromatic nitrogens is 1. The number of rotatable bonds is 3. The molecule has 1 aromatic rings. The molecule has 0 saturated carbocycles.